The SMILES string of the molecule is C.CC(=O)/C=C(\O)c1ccc2c(ccc3ccccc32)c1.CC(=O)c1ccc2c(ccc3ccccc32)c1.CCO.Cc1cc(-c2ccc3c(ccc4ccccc43)c2)n(-c2ccc(S(N)(=O)=O)cc2)n1.NNc1ccc(S(N)(=O)=O)cc1. The van der Waals surface area contributed by atoms with Crippen LogP contribution in [0.5, 0.6) is 0 Å². The van der Waals surface area contributed by atoms with Gasteiger partial charge in [0.15, 0.2) is 11.6 Å². The van der Waals surface area contributed by atoms with Gasteiger partial charge in [0.05, 0.1) is 26.9 Å². The number of ketones is 2. The molecule has 0 aliphatic rings. The molecule has 1 aromatic heterocycles. The van der Waals surface area contributed by atoms with Crippen molar-refractivity contribution in [2.24, 2.45) is 16.1 Å². The summed E-state index contributed by atoms with van der Waals surface area (Å²) in [6.07, 6.45) is 1.24. The van der Waals surface area contributed by atoms with Gasteiger partial charge in [-0.3, -0.25) is 15.4 Å². The van der Waals surface area contributed by atoms with Crippen LogP contribution in [0.3, 0.4) is 0 Å². The van der Waals surface area contributed by atoms with E-state index in [2.05, 4.69) is 102 Å². The fourth-order valence-corrected chi connectivity index (χ4v) is 10.3. The van der Waals surface area contributed by atoms with Gasteiger partial charge in [0.1, 0.15) is 5.76 Å². The van der Waals surface area contributed by atoms with Crippen LogP contribution >= 0.6 is 0 Å². The minimum absolute atomic E-state index is 0. The molecule has 0 aliphatic carbocycles. The van der Waals surface area contributed by atoms with Crippen molar-refractivity contribution in [1.29, 1.82) is 0 Å². The van der Waals surface area contributed by atoms with Gasteiger partial charge in [-0.1, -0.05) is 153 Å². The molecule has 0 spiro atoms. The lowest BCUT2D eigenvalue weighted by molar-refractivity contribution is -0.112. The molecule has 0 unspecified atom stereocenters. The molecular formula is C67H64N6O8S2. The van der Waals surface area contributed by atoms with E-state index < -0.39 is 20.0 Å². The lowest BCUT2D eigenvalue weighted by atomic mass is 9.99. The molecule has 1 heterocycles. The maximum atomic E-state index is 11.5. The number of rotatable bonds is 8. The average Bonchev–Trinajstić information content (AvgIpc) is 3.90. The summed E-state index contributed by atoms with van der Waals surface area (Å²) in [5.41, 5.74) is 8.04. The number of sulfonamides is 2. The highest BCUT2D eigenvalue weighted by molar-refractivity contribution is 7.89. The maximum Gasteiger partial charge on any atom is 0.238 e. The van der Waals surface area contributed by atoms with Crippen molar-refractivity contribution in [2.45, 2.75) is 44.9 Å². The zero-order valence-corrected chi connectivity index (χ0v) is 47.0. The highest BCUT2D eigenvalue weighted by atomic mass is 32.2. The van der Waals surface area contributed by atoms with Gasteiger partial charge in [-0.25, -0.2) is 31.8 Å². The summed E-state index contributed by atoms with van der Waals surface area (Å²) in [7, 11) is -7.33. The largest absolute Gasteiger partial charge is 0.507 e. The zero-order valence-electron chi connectivity index (χ0n) is 45.4. The summed E-state index contributed by atoms with van der Waals surface area (Å²) in [6, 6.07) is 69.7. The summed E-state index contributed by atoms with van der Waals surface area (Å²) >= 11 is 0. The lowest BCUT2D eigenvalue weighted by Crippen LogP contribution is -2.12. The predicted octanol–water partition coefficient (Wildman–Crippen LogP) is 13.7. The second-order valence-electron chi connectivity index (χ2n) is 19.0. The van der Waals surface area contributed by atoms with Crippen molar-refractivity contribution in [1.82, 2.24) is 9.78 Å². The van der Waals surface area contributed by atoms with E-state index in [1.165, 1.54) is 92.5 Å². The molecule has 12 aromatic rings. The predicted molar refractivity (Wildman–Crippen MR) is 339 cm³/mol. The number of nitrogen functional groups attached to an aromatic ring is 1. The number of hydrogen-bond acceptors (Lipinski definition) is 11. The zero-order chi connectivity index (χ0) is 58.7. The quantitative estimate of drug-likeness (QED) is 0.0208. The number of allylic oxidation sites excluding steroid dienone is 1. The van der Waals surface area contributed by atoms with Crippen LogP contribution in [-0.2, 0) is 24.8 Å². The fraction of sp³-hybridized carbons (Fsp3) is 0.0896. The molecule has 0 fully saturated rings. The highest BCUT2D eigenvalue weighted by Crippen LogP contribution is 2.33. The molecule has 0 saturated heterocycles. The Morgan fingerprint density at radius 3 is 1.35 bits per heavy atom. The van der Waals surface area contributed by atoms with E-state index >= 15 is 0 Å². The van der Waals surface area contributed by atoms with Crippen LogP contribution in [0, 0.1) is 6.92 Å². The molecule has 12 rings (SSSR count). The van der Waals surface area contributed by atoms with Crippen LogP contribution < -0.4 is 21.5 Å². The van der Waals surface area contributed by atoms with Gasteiger partial charge in [0.2, 0.25) is 20.0 Å². The van der Waals surface area contributed by atoms with Gasteiger partial charge in [-0.05, 0) is 165 Å². The number of aryl methyl sites for hydroxylation is 1. The molecule has 0 amide bonds. The van der Waals surface area contributed by atoms with E-state index in [1.54, 1.807) is 26.0 Å². The Labute approximate surface area is 482 Å². The van der Waals surface area contributed by atoms with E-state index in [-0.39, 0.29) is 41.2 Å². The van der Waals surface area contributed by atoms with E-state index in [4.69, 9.17) is 21.2 Å². The van der Waals surface area contributed by atoms with Crippen molar-refractivity contribution in [2.75, 3.05) is 12.0 Å². The van der Waals surface area contributed by atoms with Gasteiger partial charge in [0.25, 0.3) is 0 Å². The third kappa shape index (κ3) is 15.0. The number of fused-ring (bicyclic) bond motifs is 9. The van der Waals surface area contributed by atoms with Crippen molar-refractivity contribution >= 4 is 108 Å². The number of benzene rings is 11. The van der Waals surface area contributed by atoms with Crippen LogP contribution in [0.4, 0.5) is 5.69 Å². The molecule has 83 heavy (non-hydrogen) atoms. The molecule has 0 aliphatic heterocycles. The molecule has 9 N–H and O–H groups in total. The molecule has 0 bridgehead atoms. The molecular weight excluding hydrogens is 1080 g/mol. The Morgan fingerprint density at radius 1 is 0.530 bits per heavy atom. The normalized spacial score (nSPS) is 11.3. The number of hydrazine groups is 1. The highest BCUT2D eigenvalue weighted by Gasteiger charge is 2.14. The standard InChI is InChI=1S/C24H19N3O2S.C18H14O2.C16H12O.C6H9N3O2S.C2H6O.CH4/c1-16-14-24(27(26-16)20-9-11-21(12-10-20)30(25,28)29)19-8-13-23-18(15-19)7-6-17-4-2-3-5-22(17)23;1-12(19)10-18(20)15-8-9-17-14(11-15)7-6-13-4-2-3-5-16(13)17;1-11(17)13-8-9-16-14(10-13)7-6-12-4-2-3-5-15(12)16;7-9-5-1-3-6(4-2-5)12(8,10)11;1-2-3;/h2-15H,1H3,(H2,25,28,29);2-11,20H,1H3;2-10H,1H3;1-4,9H,7H2,(H2,8,10,11);3H,2H2,1H3;1H4/b;18-10-;;;;. The number of nitrogens with two attached hydrogens (primary N) is 3. The smallest absolute Gasteiger partial charge is 0.238 e. The molecule has 422 valence electrons. The number of carbonyl (C=O) groups is 2. The van der Waals surface area contributed by atoms with Crippen LogP contribution in [0.15, 0.2) is 234 Å². The summed E-state index contributed by atoms with van der Waals surface area (Å²) < 4.78 is 46.4. The Balaban J connectivity index is 0.000000164. The van der Waals surface area contributed by atoms with Crippen molar-refractivity contribution in [3.63, 3.8) is 0 Å². The summed E-state index contributed by atoms with van der Waals surface area (Å²) in [5.74, 6) is 5.03. The summed E-state index contributed by atoms with van der Waals surface area (Å²) in [6.45, 7) is 6.89. The second kappa shape index (κ2) is 26.9. The number of aromatic nitrogens is 2. The Bertz CT molecular complexity index is 4580. The number of carbonyl (C=O) groups excluding carboxylic acids is 2. The third-order valence-corrected chi connectivity index (χ3v) is 15.0. The maximum absolute atomic E-state index is 11.5. The van der Waals surface area contributed by atoms with Gasteiger partial charge < -0.3 is 15.6 Å². The van der Waals surface area contributed by atoms with Crippen LogP contribution in [0.25, 0.3) is 87.3 Å². The van der Waals surface area contributed by atoms with Gasteiger partial charge in [-0.15, -0.1) is 0 Å². The number of aliphatic hydroxyl groups is 2. The molecule has 14 nitrogen and oxygen atoms in total. The van der Waals surface area contributed by atoms with Crippen LogP contribution in [0.1, 0.15) is 49.8 Å². The second-order valence-corrected chi connectivity index (χ2v) is 22.1. The number of aliphatic hydroxyl groups excluding tert-OH is 2. The number of anilines is 1. The number of Topliss-reactive ketones (excluding diaryl/α,β-unsaturated/α-hetero) is 1. The summed E-state index contributed by atoms with van der Waals surface area (Å²) in [5, 5.41) is 46.3. The van der Waals surface area contributed by atoms with E-state index in [0.717, 1.165) is 49.7 Å². The Kier molecular flexibility index (Phi) is 19.9. The number of nitrogens with one attached hydrogen (secondary N) is 1. The topological polar surface area (TPSA) is 251 Å². The van der Waals surface area contributed by atoms with Crippen LogP contribution in [-0.4, -0.2) is 55.0 Å². The van der Waals surface area contributed by atoms with Crippen molar-refractivity contribution in [3.05, 3.63) is 241 Å². The molecule has 0 saturated carbocycles. The first-order valence-corrected chi connectivity index (χ1v) is 28.9. The average molecular weight is 1150 g/mol. The van der Waals surface area contributed by atoms with Crippen molar-refractivity contribution in [3.8, 4) is 16.9 Å². The first-order chi connectivity index (χ1) is 39.3. The fourth-order valence-electron chi connectivity index (χ4n) is 9.27. The van der Waals surface area contributed by atoms with Crippen LogP contribution in [0.2, 0.25) is 0 Å². The van der Waals surface area contributed by atoms with Gasteiger partial charge in [-0.2, -0.15) is 5.10 Å². The minimum atomic E-state index is -3.73. The lowest BCUT2D eigenvalue weighted by Gasteiger charge is -2.10. The van der Waals surface area contributed by atoms with E-state index in [1.807, 2.05) is 90.5 Å². The molecule has 16 heteroatoms. The van der Waals surface area contributed by atoms with E-state index in [0.29, 0.717) is 11.3 Å². The first-order valence-electron chi connectivity index (χ1n) is 25.8. The number of nitrogens with zero attached hydrogens (tertiary/aromatic N) is 2. The molecule has 0 atom stereocenters. The molecule has 0 radical (unpaired) electrons. The molecule has 11 aromatic carbocycles. The first kappa shape index (κ1) is 61.2. The third-order valence-electron chi connectivity index (χ3n) is 13.2. The minimum Gasteiger partial charge on any atom is -0.507 e. The number of primary sulfonamides is 2. The number of hydrogen-bond donors (Lipinski definition) is 6. The summed E-state index contributed by atoms with van der Waals surface area (Å²) in [4.78, 5) is 22.5. The monoisotopic (exact) mass is 1140 g/mol. The van der Waals surface area contributed by atoms with Crippen molar-refractivity contribution < 1.29 is 36.6 Å². The Hall–Kier alpha value is -9.39. The van der Waals surface area contributed by atoms with Gasteiger partial charge in [0, 0.05) is 35.1 Å². The Morgan fingerprint density at radius 2 is 0.916 bits per heavy atom. The van der Waals surface area contributed by atoms with E-state index in [9.17, 15) is 31.5 Å². The van der Waals surface area contributed by atoms with Gasteiger partial charge >= 0.3 is 0 Å².